The van der Waals surface area contributed by atoms with Gasteiger partial charge in [-0.3, -0.25) is 9.48 Å². The number of nitrogens with zero attached hydrogens (tertiary/aromatic N) is 3. The van der Waals surface area contributed by atoms with Gasteiger partial charge in [-0.15, -0.1) is 0 Å². The van der Waals surface area contributed by atoms with Crippen LogP contribution in [0.3, 0.4) is 0 Å². The number of hydrogen-bond acceptors (Lipinski definition) is 5. The molecule has 1 saturated heterocycles. The highest BCUT2D eigenvalue weighted by Gasteiger charge is 2.21. The third kappa shape index (κ3) is 5.35. The Morgan fingerprint density at radius 1 is 1.52 bits per heavy atom. The minimum atomic E-state index is -0.448. The lowest BCUT2D eigenvalue weighted by Crippen LogP contribution is -2.42. The van der Waals surface area contributed by atoms with Gasteiger partial charge >= 0.3 is 0 Å². The number of carbonyl (C=O) groups excluding carboxylic acids is 1. The van der Waals surface area contributed by atoms with Gasteiger partial charge in [-0.05, 0) is 31.8 Å². The number of nitrogens with one attached hydrogen (secondary N) is 1. The molecule has 0 bridgehead atoms. The maximum atomic E-state index is 10.9. The first-order chi connectivity index (χ1) is 10.0. The Labute approximate surface area is 125 Å². The van der Waals surface area contributed by atoms with Crippen LogP contribution in [0.15, 0.2) is 12.4 Å². The molecule has 1 amide bonds. The molecule has 1 unspecified atom stereocenters. The molecule has 0 radical (unpaired) electrons. The summed E-state index contributed by atoms with van der Waals surface area (Å²) in [5, 5.41) is 17.1. The van der Waals surface area contributed by atoms with Gasteiger partial charge in [0.25, 0.3) is 0 Å². The molecular weight excluding hydrogens is 270 g/mol. The fourth-order valence-electron chi connectivity index (χ4n) is 2.71. The van der Waals surface area contributed by atoms with Gasteiger partial charge in [0.05, 0.1) is 24.5 Å². The van der Waals surface area contributed by atoms with Gasteiger partial charge in [0.1, 0.15) is 0 Å². The molecule has 0 aliphatic carbocycles. The summed E-state index contributed by atoms with van der Waals surface area (Å²) < 4.78 is 1.67. The first-order valence-corrected chi connectivity index (χ1v) is 7.45. The summed E-state index contributed by atoms with van der Waals surface area (Å²) in [6.45, 7) is 5.34. The molecule has 2 heterocycles. The molecular formula is C14H25N5O2. The average Bonchev–Trinajstić information content (AvgIpc) is 2.83. The van der Waals surface area contributed by atoms with Crippen molar-refractivity contribution in [2.75, 3.05) is 31.9 Å². The molecule has 1 aromatic rings. The molecule has 1 aliphatic rings. The quantitative estimate of drug-likeness (QED) is 0.668. The summed E-state index contributed by atoms with van der Waals surface area (Å²) in [7, 11) is 0. The Hall–Kier alpha value is -1.60. The van der Waals surface area contributed by atoms with Crippen molar-refractivity contribution in [1.29, 1.82) is 0 Å². The third-order valence-electron chi connectivity index (χ3n) is 3.87. The number of hydrogen-bond donors (Lipinski definition) is 3. The Balaban J connectivity index is 1.67. The second-order valence-corrected chi connectivity index (χ2v) is 5.83. The number of piperidine rings is 1. The Morgan fingerprint density at radius 2 is 2.24 bits per heavy atom. The lowest BCUT2D eigenvalue weighted by atomic mass is 9.96. The summed E-state index contributed by atoms with van der Waals surface area (Å²) in [5.41, 5.74) is 6.21. The molecule has 1 fully saturated rings. The monoisotopic (exact) mass is 295 g/mol. The molecule has 0 spiro atoms. The zero-order valence-corrected chi connectivity index (χ0v) is 12.5. The number of aromatic nitrogens is 2. The summed E-state index contributed by atoms with van der Waals surface area (Å²) in [4.78, 5) is 13.2. The van der Waals surface area contributed by atoms with Crippen LogP contribution in [0.25, 0.3) is 0 Å². The van der Waals surface area contributed by atoms with E-state index in [1.54, 1.807) is 24.0 Å². The van der Waals surface area contributed by atoms with Gasteiger partial charge in [0, 0.05) is 26.2 Å². The molecule has 2 rings (SSSR count). The Kier molecular flexibility index (Phi) is 5.58. The molecule has 118 valence electrons. The molecule has 21 heavy (non-hydrogen) atoms. The summed E-state index contributed by atoms with van der Waals surface area (Å²) in [6, 6.07) is 0. The van der Waals surface area contributed by atoms with E-state index in [0.29, 0.717) is 24.7 Å². The van der Waals surface area contributed by atoms with Crippen LogP contribution in [0, 0.1) is 5.92 Å². The van der Waals surface area contributed by atoms with Crippen molar-refractivity contribution in [2.45, 2.75) is 32.4 Å². The highest BCUT2D eigenvalue weighted by molar-refractivity contribution is 5.72. The fraction of sp³-hybridized carbons (Fsp3) is 0.714. The van der Waals surface area contributed by atoms with Gasteiger partial charge in [-0.2, -0.15) is 5.10 Å². The average molecular weight is 295 g/mol. The SMILES string of the molecule is CC(=O)NCC1CCN(CC(O)Cn2cc(N)cn2)CC1. The van der Waals surface area contributed by atoms with E-state index in [0.717, 1.165) is 32.5 Å². The summed E-state index contributed by atoms with van der Waals surface area (Å²) >= 11 is 0. The maximum absolute atomic E-state index is 10.9. The summed E-state index contributed by atoms with van der Waals surface area (Å²) in [5.74, 6) is 0.583. The van der Waals surface area contributed by atoms with Crippen molar-refractivity contribution in [2.24, 2.45) is 5.92 Å². The van der Waals surface area contributed by atoms with Gasteiger partial charge in [-0.25, -0.2) is 0 Å². The first-order valence-electron chi connectivity index (χ1n) is 7.45. The minimum Gasteiger partial charge on any atom is -0.396 e. The maximum Gasteiger partial charge on any atom is 0.216 e. The van der Waals surface area contributed by atoms with Crippen molar-refractivity contribution in [3.05, 3.63) is 12.4 Å². The third-order valence-corrected chi connectivity index (χ3v) is 3.87. The second-order valence-electron chi connectivity index (χ2n) is 5.83. The van der Waals surface area contributed by atoms with Gasteiger partial charge in [-0.1, -0.05) is 0 Å². The van der Waals surface area contributed by atoms with E-state index in [9.17, 15) is 9.90 Å². The normalized spacial score (nSPS) is 18.6. The number of anilines is 1. The standard InChI is InChI=1S/C14H25N5O2/c1-11(20)16-6-12-2-4-18(5-3-12)9-14(21)10-19-8-13(15)7-17-19/h7-8,12,14,21H,2-6,9-10,15H2,1H3,(H,16,20). The lowest BCUT2D eigenvalue weighted by molar-refractivity contribution is -0.119. The van der Waals surface area contributed by atoms with E-state index in [-0.39, 0.29) is 5.91 Å². The van der Waals surface area contributed by atoms with Crippen LogP contribution >= 0.6 is 0 Å². The number of aliphatic hydroxyl groups is 1. The van der Waals surface area contributed by atoms with Crippen LogP contribution in [-0.4, -0.2) is 58.0 Å². The smallest absolute Gasteiger partial charge is 0.216 e. The van der Waals surface area contributed by atoms with Gasteiger partial charge in [0.15, 0.2) is 0 Å². The molecule has 1 aromatic heterocycles. The van der Waals surface area contributed by atoms with Crippen LogP contribution in [0.4, 0.5) is 5.69 Å². The zero-order valence-electron chi connectivity index (χ0n) is 12.5. The predicted molar refractivity (Wildman–Crippen MR) is 80.5 cm³/mol. The molecule has 4 N–H and O–H groups in total. The summed E-state index contributed by atoms with van der Waals surface area (Å²) in [6.07, 6.45) is 4.98. The van der Waals surface area contributed by atoms with E-state index < -0.39 is 6.10 Å². The van der Waals surface area contributed by atoms with Crippen molar-refractivity contribution in [3.63, 3.8) is 0 Å². The molecule has 0 saturated carbocycles. The van der Waals surface area contributed by atoms with Gasteiger partial charge < -0.3 is 21.1 Å². The Bertz CT molecular complexity index is 454. The molecule has 1 aliphatic heterocycles. The Morgan fingerprint density at radius 3 is 2.81 bits per heavy atom. The first kappa shape index (κ1) is 15.8. The van der Waals surface area contributed by atoms with Crippen LogP contribution in [-0.2, 0) is 11.3 Å². The number of nitrogens with two attached hydrogens (primary N) is 1. The largest absolute Gasteiger partial charge is 0.396 e. The van der Waals surface area contributed by atoms with E-state index in [2.05, 4.69) is 15.3 Å². The number of amides is 1. The predicted octanol–water partition coefficient (Wildman–Crippen LogP) is -0.326. The molecule has 7 heteroatoms. The van der Waals surface area contributed by atoms with Gasteiger partial charge in [0.2, 0.25) is 5.91 Å². The van der Waals surface area contributed by atoms with Crippen LogP contribution in [0.5, 0.6) is 0 Å². The van der Waals surface area contributed by atoms with Crippen molar-refractivity contribution < 1.29 is 9.90 Å². The van der Waals surface area contributed by atoms with Crippen molar-refractivity contribution in [1.82, 2.24) is 20.0 Å². The number of likely N-dealkylation sites (tertiary alicyclic amines) is 1. The highest BCUT2D eigenvalue weighted by Crippen LogP contribution is 2.16. The molecule has 1 atom stereocenters. The van der Waals surface area contributed by atoms with Crippen LogP contribution in [0.2, 0.25) is 0 Å². The fourth-order valence-corrected chi connectivity index (χ4v) is 2.71. The zero-order chi connectivity index (χ0) is 15.2. The molecule has 0 aromatic carbocycles. The van der Waals surface area contributed by atoms with Crippen molar-refractivity contribution in [3.8, 4) is 0 Å². The van der Waals surface area contributed by atoms with Crippen LogP contribution in [0.1, 0.15) is 19.8 Å². The van der Waals surface area contributed by atoms with E-state index >= 15 is 0 Å². The van der Waals surface area contributed by atoms with E-state index in [1.165, 1.54) is 0 Å². The van der Waals surface area contributed by atoms with E-state index in [1.807, 2.05) is 0 Å². The number of aliphatic hydroxyl groups excluding tert-OH is 1. The van der Waals surface area contributed by atoms with E-state index in [4.69, 9.17) is 5.73 Å². The highest BCUT2D eigenvalue weighted by atomic mass is 16.3. The van der Waals surface area contributed by atoms with Crippen LogP contribution < -0.4 is 11.1 Å². The second kappa shape index (κ2) is 7.42. The number of β-amino-alcohol motifs (C(OH)–C–C–N with tert-alkyl or cyclic N) is 1. The minimum absolute atomic E-state index is 0.0337. The van der Waals surface area contributed by atoms with Crippen molar-refractivity contribution >= 4 is 11.6 Å². The molecule has 7 nitrogen and oxygen atoms in total. The lowest BCUT2D eigenvalue weighted by Gasteiger charge is -2.33. The number of nitrogen functional groups attached to an aromatic ring is 1. The number of carbonyl (C=O) groups is 1. The topological polar surface area (TPSA) is 96.4 Å². The number of rotatable bonds is 6.